The van der Waals surface area contributed by atoms with Gasteiger partial charge in [-0.15, -0.1) is 0 Å². The van der Waals surface area contributed by atoms with Gasteiger partial charge in [-0.05, 0) is 50.8 Å². The maximum atomic E-state index is 13.6. The number of anilines is 1. The number of benzene rings is 1. The van der Waals surface area contributed by atoms with E-state index in [0.29, 0.717) is 11.4 Å². The Hall–Kier alpha value is -1.68. The number of fused-ring (bicyclic) bond motifs is 1. The first kappa shape index (κ1) is 14.3. The second-order valence-electron chi connectivity index (χ2n) is 5.19. The first-order chi connectivity index (χ1) is 10.2. The number of hydrogen-bond acceptors (Lipinski definition) is 3. The minimum Gasteiger partial charge on any atom is -0.370 e. The Bertz CT molecular complexity index is 673. The quantitative estimate of drug-likeness (QED) is 0.921. The molecule has 0 radical (unpaired) electrons. The van der Waals surface area contributed by atoms with Crippen molar-refractivity contribution in [2.24, 2.45) is 0 Å². The van der Waals surface area contributed by atoms with Gasteiger partial charge in [-0.3, -0.25) is 0 Å². The van der Waals surface area contributed by atoms with Gasteiger partial charge < -0.3 is 5.32 Å². The van der Waals surface area contributed by atoms with E-state index in [-0.39, 0.29) is 5.02 Å². The normalized spacial score (nSPS) is 13.9. The lowest BCUT2D eigenvalue weighted by molar-refractivity contribution is 0.628. The van der Waals surface area contributed by atoms with E-state index >= 15 is 0 Å². The molecule has 0 spiro atoms. The average Bonchev–Trinajstić information content (AvgIpc) is 2.50. The maximum absolute atomic E-state index is 13.6. The van der Waals surface area contributed by atoms with Gasteiger partial charge in [-0.1, -0.05) is 11.6 Å². The van der Waals surface area contributed by atoms with Crippen LogP contribution >= 0.6 is 11.6 Å². The molecule has 3 rings (SSSR count). The zero-order valence-electron chi connectivity index (χ0n) is 11.9. The molecule has 0 fully saturated rings. The highest BCUT2D eigenvalue weighted by molar-refractivity contribution is 6.30. The Labute approximate surface area is 128 Å². The third kappa shape index (κ3) is 2.86. The van der Waals surface area contributed by atoms with Crippen molar-refractivity contribution in [3.8, 4) is 11.4 Å². The van der Waals surface area contributed by atoms with Gasteiger partial charge in [0.15, 0.2) is 5.82 Å². The van der Waals surface area contributed by atoms with Gasteiger partial charge in [0.25, 0.3) is 0 Å². The molecule has 3 nitrogen and oxygen atoms in total. The van der Waals surface area contributed by atoms with Gasteiger partial charge in [0, 0.05) is 23.4 Å². The summed E-state index contributed by atoms with van der Waals surface area (Å²) in [4.78, 5) is 9.22. The third-order valence-corrected chi connectivity index (χ3v) is 4.01. The highest BCUT2D eigenvalue weighted by Crippen LogP contribution is 2.29. The van der Waals surface area contributed by atoms with E-state index in [9.17, 15) is 4.39 Å². The van der Waals surface area contributed by atoms with Gasteiger partial charge in [0.1, 0.15) is 11.6 Å². The summed E-state index contributed by atoms with van der Waals surface area (Å²) in [5, 5.41) is 3.42. The van der Waals surface area contributed by atoms with Crippen molar-refractivity contribution < 1.29 is 4.39 Å². The third-order valence-electron chi connectivity index (χ3n) is 3.71. The number of rotatable bonds is 3. The van der Waals surface area contributed by atoms with Crippen LogP contribution < -0.4 is 5.32 Å². The van der Waals surface area contributed by atoms with E-state index < -0.39 is 5.82 Å². The second kappa shape index (κ2) is 5.98. The first-order valence-corrected chi connectivity index (χ1v) is 7.66. The van der Waals surface area contributed by atoms with Gasteiger partial charge in [-0.2, -0.15) is 0 Å². The number of aromatic nitrogens is 2. The molecule has 0 atom stereocenters. The minimum absolute atomic E-state index is 0.114. The van der Waals surface area contributed by atoms with E-state index in [1.807, 2.05) is 6.92 Å². The van der Waals surface area contributed by atoms with Crippen LogP contribution in [0.4, 0.5) is 10.2 Å². The van der Waals surface area contributed by atoms with Crippen LogP contribution in [-0.2, 0) is 12.8 Å². The summed E-state index contributed by atoms with van der Waals surface area (Å²) >= 11 is 5.74. The van der Waals surface area contributed by atoms with Crippen LogP contribution in [0.2, 0.25) is 5.02 Å². The SMILES string of the molecule is CCNc1nc(-c2ccc(Cl)c(F)c2)nc2c1CCCC2. The Morgan fingerprint density at radius 1 is 1.24 bits per heavy atom. The molecular weight excluding hydrogens is 289 g/mol. The summed E-state index contributed by atoms with van der Waals surface area (Å²) in [7, 11) is 0. The Morgan fingerprint density at radius 2 is 2.05 bits per heavy atom. The summed E-state index contributed by atoms with van der Waals surface area (Å²) in [5.74, 6) is 0.996. The molecule has 110 valence electrons. The Morgan fingerprint density at radius 3 is 2.81 bits per heavy atom. The van der Waals surface area contributed by atoms with Crippen LogP contribution in [0.3, 0.4) is 0 Å². The van der Waals surface area contributed by atoms with E-state index in [2.05, 4.69) is 15.3 Å². The molecule has 1 N–H and O–H groups in total. The van der Waals surface area contributed by atoms with E-state index in [1.165, 1.54) is 18.1 Å². The number of halogens is 2. The monoisotopic (exact) mass is 305 g/mol. The molecule has 0 saturated carbocycles. The summed E-state index contributed by atoms with van der Waals surface area (Å²) in [6.07, 6.45) is 4.28. The van der Waals surface area contributed by atoms with Gasteiger partial charge in [-0.25, -0.2) is 14.4 Å². The van der Waals surface area contributed by atoms with Crippen molar-refractivity contribution >= 4 is 17.4 Å². The first-order valence-electron chi connectivity index (χ1n) is 7.28. The number of aryl methyl sites for hydroxylation is 1. The predicted molar refractivity (Wildman–Crippen MR) is 83.2 cm³/mol. The van der Waals surface area contributed by atoms with Crippen LogP contribution in [0.5, 0.6) is 0 Å². The molecule has 0 aliphatic heterocycles. The molecular formula is C16H17ClFN3. The topological polar surface area (TPSA) is 37.8 Å². The molecule has 0 unspecified atom stereocenters. The Kier molecular flexibility index (Phi) is 4.06. The zero-order chi connectivity index (χ0) is 14.8. The fourth-order valence-corrected chi connectivity index (χ4v) is 2.79. The molecule has 5 heteroatoms. The van der Waals surface area contributed by atoms with Gasteiger partial charge in [0.2, 0.25) is 0 Å². The van der Waals surface area contributed by atoms with E-state index in [1.54, 1.807) is 12.1 Å². The van der Waals surface area contributed by atoms with Crippen molar-refractivity contribution in [2.75, 3.05) is 11.9 Å². The van der Waals surface area contributed by atoms with Crippen LogP contribution in [-0.4, -0.2) is 16.5 Å². The van der Waals surface area contributed by atoms with Crippen molar-refractivity contribution in [1.29, 1.82) is 0 Å². The standard InChI is InChI=1S/C16H17ClFN3/c1-2-19-16-11-5-3-4-6-14(11)20-15(21-16)10-7-8-12(17)13(18)9-10/h7-9H,2-6H2,1H3,(H,19,20,21). The molecule has 1 heterocycles. The fourth-order valence-electron chi connectivity index (χ4n) is 2.67. The summed E-state index contributed by atoms with van der Waals surface area (Å²) in [6, 6.07) is 4.69. The fraction of sp³-hybridized carbons (Fsp3) is 0.375. The molecule has 1 aromatic heterocycles. The van der Waals surface area contributed by atoms with Crippen molar-refractivity contribution in [2.45, 2.75) is 32.6 Å². The lowest BCUT2D eigenvalue weighted by Crippen LogP contribution is -2.13. The maximum Gasteiger partial charge on any atom is 0.161 e. The van der Waals surface area contributed by atoms with Crippen LogP contribution in [0.25, 0.3) is 11.4 Å². The second-order valence-corrected chi connectivity index (χ2v) is 5.59. The summed E-state index contributed by atoms with van der Waals surface area (Å²) in [6.45, 7) is 2.84. The number of hydrogen-bond donors (Lipinski definition) is 1. The zero-order valence-corrected chi connectivity index (χ0v) is 12.7. The van der Waals surface area contributed by atoms with E-state index in [4.69, 9.17) is 11.6 Å². The molecule has 1 aliphatic rings. The highest BCUT2D eigenvalue weighted by Gasteiger charge is 2.18. The predicted octanol–water partition coefficient (Wildman–Crippen LogP) is 4.25. The molecule has 0 bridgehead atoms. The Balaban J connectivity index is 2.09. The van der Waals surface area contributed by atoms with Crippen molar-refractivity contribution in [3.63, 3.8) is 0 Å². The summed E-state index contributed by atoms with van der Waals surface area (Å²) in [5.41, 5.74) is 2.95. The molecule has 1 aliphatic carbocycles. The minimum atomic E-state index is -0.444. The summed E-state index contributed by atoms with van der Waals surface area (Å²) < 4.78 is 13.6. The van der Waals surface area contributed by atoms with Crippen LogP contribution in [0.1, 0.15) is 31.0 Å². The smallest absolute Gasteiger partial charge is 0.161 e. The molecule has 0 saturated heterocycles. The van der Waals surface area contributed by atoms with Gasteiger partial charge >= 0.3 is 0 Å². The number of nitrogens with zero attached hydrogens (tertiary/aromatic N) is 2. The lowest BCUT2D eigenvalue weighted by Gasteiger charge is -2.19. The molecule has 0 amide bonds. The largest absolute Gasteiger partial charge is 0.370 e. The molecule has 2 aromatic rings. The number of nitrogens with one attached hydrogen (secondary N) is 1. The highest BCUT2D eigenvalue weighted by atomic mass is 35.5. The lowest BCUT2D eigenvalue weighted by atomic mass is 9.96. The van der Waals surface area contributed by atoms with Crippen LogP contribution in [0, 0.1) is 5.82 Å². The van der Waals surface area contributed by atoms with Crippen molar-refractivity contribution in [3.05, 3.63) is 40.3 Å². The average molecular weight is 306 g/mol. The van der Waals surface area contributed by atoms with Gasteiger partial charge in [0.05, 0.1) is 5.02 Å². The van der Waals surface area contributed by atoms with E-state index in [0.717, 1.165) is 37.3 Å². The van der Waals surface area contributed by atoms with Crippen LogP contribution in [0.15, 0.2) is 18.2 Å². The molecule has 21 heavy (non-hydrogen) atoms. The molecule has 1 aromatic carbocycles. The van der Waals surface area contributed by atoms with Crippen molar-refractivity contribution in [1.82, 2.24) is 9.97 Å².